The molecule has 18 heavy (non-hydrogen) atoms. The number of aromatic nitrogens is 1. The van der Waals surface area contributed by atoms with Crippen LogP contribution in [0.5, 0.6) is 0 Å². The minimum Gasteiger partial charge on any atom is -0.354 e. The van der Waals surface area contributed by atoms with Crippen molar-refractivity contribution in [3.63, 3.8) is 0 Å². The van der Waals surface area contributed by atoms with Crippen molar-refractivity contribution in [3.8, 4) is 6.07 Å². The third-order valence-electron chi connectivity index (χ3n) is 3.73. The topological polar surface area (TPSA) is 43.2 Å². The van der Waals surface area contributed by atoms with E-state index in [9.17, 15) is 0 Å². The van der Waals surface area contributed by atoms with Crippen molar-refractivity contribution in [2.24, 2.45) is 0 Å². The molecular weight excluding hydrogens is 224 g/mol. The fourth-order valence-electron chi connectivity index (χ4n) is 2.29. The largest absolute Gasteiger partial charge is 0.354 e. The van der Waals surface area contributed by atoms with E-state index < -0.39 is 0 Å². The third kappa shape index (κ3) is 2.80. The number of rotatable bonds is 3. The van der Waals surface area contributed by atoms with Gasteiger partial charge in [-0.05, 0) is 25.5 Å². The summed E-state index contributed by atoms with van der Waals surface area (Å²) in [5.74, 6) is 0.984. The Bertz CT molecular complexity index is 412. The first-order valence-corrected chi connectivity index (χ1v) is 6.59. The molecule has 1 aliphatic rings. The molecule has 0 amide bonds. The molecule has 0 radical (unpaired) electrons. The van der Waals surface area contributed by atoms with Crippen molar-refractivity contribution in [2.75, 3.05) is 31.1 Å². The van der Waals surface area contributed by atoms with Crippen LogP contribution < -0.4 is 4.90 Å². The molecule has 0 spiro atoms. The second-order valence-electron chi connectivity index (χ2n) is 4.80. The lowest BCUT2D eigenvalue weighted by molar-refractivity contribution is 0.192. The van der Waals surface area contributed by atoms with Gasteiger partial charge in [0.1, 0.15) is 11.9 Å². The second-order valence-corrected chi connectivity index (χ2v) is 4.80. The van der Waals surface area contributed by atoms with Crippen LogP contribution in [0.3, 0.4) is 0 Å². The quantitative estimate of drug-likeness (QED) is 0.814. The second kappa shape index (κ2) is 5.83. The first-order chi connectivity index (χ1) is 8.74. The Morgan fingerprint density at radius 3 is 2.56 bits per heavy atom. The van der Waals surface area contributed by atoms with E-state index in [1.165, 1.54) is 6.42 Å². The molecule has 0 saturated carbocycles. The fraction of sp³-hybridized carbons (Fsp3) is 0.571. The highest BCUT2D eigenvalue weighted by atomic mass is 15.3. The van der Waals surface area contributed by atoms with Crippen LogP contribution in [-0.4, -0.2) is 42.1 Å². The van der Waals surface area contributed by atoms with E-state index in [2.05, 4.69) is 34.7 Å². The molecule has 1 atom stereocenters. The molecule has 96 valence electrons. The van der Waals surface area contributed by atoms with Crippen molar-refractivity contribution < 1.29 is 0 Å². The summed E-state index contributed by atoms with van der Waals surface area (Å²) < 4.78 is 0. The van der Waals surface area contributed by atoms with Crippen LogP contribution in [0.4, 0.5) is 5.82 Å². The van der Waals surface area contributed by atoms with Crippen LogP contribution in [0.2, 0.25) is 0 Å². The fourth-order valence-corrected chi connectivity index (χ4v) is 2.29. The number of nitrogens with zero attached hydrogens (tertiary/aromatic N) is 4. The molecule has 1 saturated heterocycles. The summed E-state index contributed by atoms with van der Waals surface area (Å²) in [5, 5.41) is 8.75. The Kier molecular flexibility index (Phi) is 4.16. The Morgan fingerprint density at radius 2 is 2.06 bits per heavy atom. The molecule has 0 aromatic carbocycles. The molecule has 1 aromatic heterocycles. The monoisotopic (exact) mass is 244 g/mol. The number of hydrogen-bond acceptors (Lipinski definition) is 4. The lowest BCUT2D eigenvalue weighted by Crippen LogP contribution is -2.49. The average Bonchev–Trinajstić information content (AvgIpc) is 2.47. The van der Waals surface area contributed by atoms with Crippen LogP contribution in [0.15, 0.2) is 18.3 Å². The van der Waals surface area contributed by atoms with Crippen LogP contribution in [0.1, 0.15) is 25.8 Å². The van der Waals surface area contributed by atoms with Gasteiger partial charge in [0, 0.05) is 38.4 Å². The molecule has 2 rings (SSSR count). The minimum atomic E-state index is 0.622. The van der Waals surface area contributed by atoms with Crippen LogP contribution in [-0.2, 0) is 0 Å². The number of piperazine rings is 1. The van der Waals surface area contributed by atoms with E-state index in [1.807, 2.05) is 12.1 Å². The smallest absolute Gasteiger partial charge is 0.128 e. The standard InChI is InChI=1S/C14H20N4/c1-3-12(2)17-6-8-18(9-7-17)14-5-4-13(10-15)11-16-14/h4-5,11-12H,3,6-9H2,1-2H3. The Balaban J connectivity index is 1.95. The van der Waals surface area contributed by atoms with Crippen molar-refractivity contribution >= 4 is 5.82 Å². The maximum atomic E-state index is 8.75. The van der Waals surface area contributed by atoms with E-state index in [0.717, 1.165) is 32.0 Å². The Hall–Kier alpha value is -1.60. The Labute approximate surface area is 109 Å². The molecule has 1 unspecified atom stereocenters. The molecule has 1 aromatic rings. The molecule has 0 N–H and O–H groups in total. The highest BCUT2D eigenvalue weighted by molar-refractivity contribution is 5.42. The van der Waals surface area contributed by atoms with E-state index in [4.69, 9.17) is 5.26 Å². The Morgan fingerprint density at radius 1 is 1.33 bits per heavy atom. The average molecular weight is 244 g/mol. The van der Waals surface area contributed by atoms with Crippen LogP contribution in [0, 0.1) is 11.3 Å². The molecule has 0 bridgehead atoms. The third-order valence-corrected chi connectivity index (χ3v) is 3.73. The number of pyridine rings is 1. The van der Waals surface area contributed by atoms with Gasteiger partial charge >= 0.3 is 0 Å². The van der Waals surface area contributed by atoms with Gasteiger partial charge in [0.15, 0.2) is 0 Å². The van der Waals surface area contributed by atoms with E-state index in [0.29, 0.717) is 11.6 Å². The normalized spacial score (nSPS) is 18.4. The molecule has 1 fully saturated rings. The molecule has 4 heteroatoms. The zero-order chi connectivity index (χ0) is 13.0. The SMILES string of the molecule is CCC(C)N1CCN(c2ccc(C#N)cn2)CC1. The maximum Gasteiger partial charge on any atom is 0.128 e. The number of anilines is 1. The van der Waals surface area contributed by atoms with Gasteiger partial charge in [0.2, 0.25) is 0 Å². The minimum absolute atomic E-state index is 0.622. The highest BCUT2D eigenvalue weighted by Crippen LogP contribution is 2.15. The summed E-state index contributed by atoms with van der Waals surface area (Å²) in [6.45, 7) is 8.74. The first kappa shape index (κ1) is 12.8. The van der Waals surface area contributed by atoms with E-state index in [-0.39, 0.29) is 0 Å². The molecular formula is C14H20N4. The van der Waals surface area contributed by atoms with Crippen molar-refractivity contribution in [1.82, 2.24) is 9.88 Å². The molecule has 1 aliphatic heterocycles. The van der Waals surface area contributed by atoms with Gasteiger partial charge in [-0.1, -0.05) is 6.92 Å². The zero-order valence-electron chi connectivity index (χ0n) is 11.1. The summed E-state index contributed by atoms with van der Waals surface area (Å²) in [4.78, 5) is 9.17. The lowest BCUT2D eigenvalue weighted by atomic mass is 10.2. The summed E-state index contributed by atoms with van der Waals surface area (Å²) in [6, 6.07) is 6.54. The first-order valence-electron chi connectivity index (χ1n) is 6.59. The number of hydrogen-bond donors (Lipinski definition) is 0. The highest BCUT2D eigenvalue weighted by Gasteiger charge is 2.20. The lowest BCUT2D eigenvalue weighted by Gasteiger charge is -2.38. The van der Waals surface area contributed by atoms with Gasteiger partial charge in [-0.25, -0.2) is 4.98 Å². The van der Waals surface area contributed by atoms with Gasteiger partial charge in [0.25, 0.3) is 0 Å². The van der Waals surface area contributed by atoms with Gasteiger partial charge in [0.05, 0.1) is 5.56 Å². The van der Waals surface area contributed by atoms with E-state index in [1.54, 1.807) is 6.20 Å². The molecule has 2 heterocycles. The van der Waals surface area contributed by atoms with E-state index >= 15 is 0 Å². The van der Waals surface area contributed by atoms with Gasteiger partial charge < -0.3 is 4.90 Å². The molecule has 4 nitrogen and oxygen atoms in total. The number of nitriles is 1. The van der Waals surface area contributed by atoms with Crippen molar-refractivity contribution in [2.45, 2.75) is 26.3 Å². The summed E-state index contributed by atoms with van der Waals surface area (Å²) >= 11 is 0. The van der Waals surface area contributed by atoms with Crippen LogP contribution >= 0.6 is 0 Å². The van der Waals surface area contributed by atoms with Gasteiger partial charge in [-0.2, -0.15) is 5.26 Å². The predicted molar refractivity (Wildman–Crippen MR) is 72.5 cm³/mol. The summed E-state index contributed by atoms with van der Waals surface area (Å²) in [7, 11) is 0. The summed E-state index contributed by atoms with van der Waals surface area (Å²) in [6.07, 6.45) is 2.85. The molecule has 0 aliphatic carbocycles. The van der Waals surface area contributed by atoms with Gasteiger partial charge in [-0.15, -0.1) is 0 Å². The summed E-state index contributed by atoms with van der Waals surface area (Å²) in [5.41, 5.74) is 0.622. The van der Waals surface area contributed by atoms with Crippen molar-refractivity contribution in [3.05, 3.63) is 23.9 Å². The maximum absolute atomic E-state index is 8.75. The van der Waals surface area contributed by atoms with Crippen LogP contribution in [0.25, 0.3) is 0 Å². The zero-order valence-corrected chi connectivity index (χ0v) is 11.1. The van der Waals surface area contributed by atoms with Gasteiger partial charge in [-0.3, -0.25) is 4.90 Å². The predicted octanol–water partition coefficient (Wildman–Crippen LogP) is 1.87. The van der Waals surface area contributed by atoms with Crippen molar-refractivity contribution in [1.29, 1.82) is 5.26 Å².